The lowest BCUT2D eigenvalue weighted by atomic mass is 10.2. The summed E-state index contributed by atoms with van der Waals surface area (Å²) in [4.78, 5) is 9.72. The maximum absolute atomic E-state index is 13.0. The summed E-state index contributed by atoms with van der Waals surface area (Å²) in [6.07, 6.45) is 6.13. The molecule has 3 rings (SSSR count). The fourth-order valence-corrected chi connectivity index (χ4v) is 2.71. The number of aromatic nitrogens is 2. The van der Waals surface area contributed by atoms with Crippen molar-refractivity contribution in [3.8, 4) is 0 Å². The number of halogens is 1. The van der Waals surface area contributed by atoms with E-state index in [0.717, 1.165) is 50.5 Å². The van der Waals surface area contributed by atoms with E-state index in [9.17, 15) is 4.39 Å². The van der Waals surface area contributed by atoms with E-state index < -0.39 is 0 Å². The fourth-order valence-electron chi connectivity index (χ4n) is 2.71. The highest BCUT2D eigenvalue weighted by atomic mass is 19.1. The molecule has 0 amide bonds. The van der Waals surface area contributed by atoms with Crippen LogP contribution >= 0.6 is 0 Å². The maximum Gasteiger partial charge on any atom is 0.123 e. The molecule has 21 heavy (non-hydrogen) atoms. The van der Waals surface area contributed by atoms with Crippen LogP contribution in [-0.4, -0.2) is 34.1 Å². The Labute approximate surface area is 124 Å². The molecule has 0 spiro atoms. The van der Waals surface area contributed by atoms with Gasteiger partial charge in [-0.25, -0.2) is 9.37 Å². The summed E-state index contributed by atoms with van der Waals surface area (Å²) < 4.78 is 18.7. The molecule has 1 aromatic heterocycles. The third-order valence-electron chi connectivity index (χ3n) is 3.73. The van der Waals surface area contributed by atoms with Crippen LogP contribution in [0.3, 0.4) is 0 Å². The summed E-state index contributed by atoms with van der Waals surface area (Å²) in [7, 11) is 0. The zero-order valence-electron chi connectivity index (χ0n) is 12.0. The van der Waals surface area contributed by atoms with Gasteiger partial charge in [-0.15, -0.1) is 0 Å². The number of aromatic amines is 1. The van der Waals surface area contributed by atoms with E-state index in [2.05, 4.69) is 14.9 Å². The molecule has 1 atom stereocenters. The molecule has 0 saturated carbocycles. The average molecular weight is 289 g/mol. The Morgan fingerprint density at radius 2 is 2.14 bits per heavy atom. The van der Waals surface area contributed by atoms with Gasteiger partial charge in [-0.3, -0.25) is 4.90 Å². The Morgan fingerprint density at radius 1 is 1.29 bits per heavy atom. The second kappa shape index (κ2) is 6.83. The van der Waals surface area contributed by atoms with Gasteiger partial charge >= 0.3 is 0 Å². The highest BCUT2D eigenvalue weighted by Crippen LogP contribution is 2.16. The van der Waals surface area contributed by atoms with Gasteiger partial charge in [-0.05, 0) is 30.5 Å². The molecule has 0 radical (unpaired) electrons. The van der Waals surface area contributed by atoms with Crippen LogP contribution in [0.15, 0.2) is 36.7 Å². The van der Waals surface area contributed by atoms with Crippen LogP contribution in [0.1, 0.15) is 24.2 Å². The van der Waals surface area contributed by atoms with Crippen LogP contribution in [0.5, 0.6) is 0 Å². The van der Waals surface area contributed by atoms with Gasteiger partial charge in [0, 0.05) is 32.1 Å². The molecule has 112 valence electrons. The number of hydrogen-bond acceptors (Lipinski definition) is 3. The number of nitrogens with one attached hydrogen (secondary N) is 1. The second-order valence-corrected chi connectivity index (χ2v) is 5.47. The third kappa shape index (κ3) is 4.12. The Morgan fingerprint density at radius 3 is 2.81 bits per heavy atom. The van der Waals surface area contributed by atoms with Crippen molar-refractivity contribution in [2.24, 2.45) is 0 Å². The van der Waals surface area contributed by atoms with Crippen LogP contribution < -0.4 is 0 Å². The van der Waals surface area contributed by atoms with Gasteiger partial charge in [-0.2, -0.15) is 0 Å². The minimum Gasteiger partial charge on any atom is -0.377 e. The van der Waals surface area contributed by atoms with Gasteiger partial charge < -0.3 is 9.72 Å². The van der Waals surface area contributed by atoms with Gasteiger partial charge in [0.2, 0.25) is 0 Å². The first-order chi connectivity index (χ1) is 10.3. The van der Waals surface area contributed by atoms with E-state index in [0.29, 0.717) is 6.10 Å². The van der Waals surface area contributed by atoms with Crippen molar-refractivity contribution < 1.29 is 9.13 Å². The number of H-pyrrole nitrogens is 1. The van der Waals surface area contributed by atoms with E-state index in [1.807, 2.05) is 18.3 Å². The van der Waals surface area contributed by atoms with E-state index in [1.54, 1.807) is 6.20 Å². The van der Waals surface area contributed by atoms with E-state index in [4.69, 9.17) is 4.74 Å². The number of rotatable bonds is 6. The molecule has 1 aliphatic heterocycles. The Bertz CT molecular complexity index is 535. The number of hydrogen-bond donors (Lipinski definition) is 1. The van der Waals surface area contributed by atoms with Gasteiger partial charge in [0.05, 0.1) is 12.6 Å². The molecule has 1 fully saturated rings. The highest BCUT2D eigenvalue weighted by molar-refractivity contribution is 5.16. The van der Waals surface area contributed by atoms with E-state index in [-0.39, 0.29) is 5.82 Å². The normalized spacial score (nSPS) is 18.5. The molecule has 1 aromatic carbocycles. The molecule has 2 heterocycles. The molecule has 5 heteroatoms. The molecule has 1 unspecified atom stereocenters. The molecule has 4 nitrogen and oxygen atoms in total. The van der Waals surface area contributed by atoms with E-state index in [1.165, 1.54) is 12.1 Å². The SMILES string of the molecule is Fc1ccc(CN(Cc2ncc[nH]2)CC2CCCO2)cc1. The van der Waals surface area contributed by atoms with Crippen LogP contribution in [0.4, 0.5) is 4.39 Å². The Kier molecular flexibility index (Phi) is 4.62. The molecule has 2 aromatic rings. The fraction of sp³-hybridized carbons (Fsp3) is 0.438. The first-order valence-corrected chi connectivity index (χ1v) is 7.36. The molecule has 1 N–H and O–H groups in total. The molecule has 0 bridgehead atoms. The van der Waals surface area contributed by atoms with Crippen LogP contribution in [0, 0.1) is 5.82 Å². The van der Waals surface area contributed by atoms with Gasteiger partial charge in [0.15, 0.2) is 0 Å². The van der Waals surface area contributed by atoms with Gasteiger partial charge in [-0.1, -0.05) is 12.1 Å². The van der Waals surface area contributed by atoms with E-state index >= 15 is 0 Å². The summed E-state index contributed by atoms with van der Waals surface area (Å²) in [6.45, 7) is 3.24. The minimum atomic E-state index is -0.199. The summed E-state index contributed by atoms with van der Waals surface area (Å²) >= 11 is 0. The monoisotopic (exact) mass is 289 g/mol. The second-order valence-electron chi connectivity index (χ2n) is 5.47. The van der Waals surface area contributed by atoms with Crippen molar-refractivity contribution in [3.63, 3.8) is 0 Å². The van der Waals surface area contributed by atoms with Gasteiger partial charge in [0.25, 0.3) is 0 Å². The van der Waals surface area contributed by atoms with Crippen LogP contribution in [0.2, 0.25) is 0 Å². The van der Waals surface area contributed by atoms with Crippen molar-refractivity contribution in [1.82, 2.24) is 14.9 Å². The number of benzene rings is 1. The Hall–Kier alpha value is -1.72. The minimum absolute atomic E-state index is 0.199. The number of nitrogens with zero attached hydrogens (tertiary/aromatic N) is 2. The quantitative estimate of drug-likeness (QED) is 0.889. The largest absolute Gasteiger partial charge is 0.377 e. The predicted octanol–water partition coefficient (Wildman–Crippen LogP) is 2.73. The number of ether oxygens (including phenoxy) is 1. The summed E-state index contributed by atoms with van der Waals surface area (Å²) in [5.41, 5.74) is 1.10. The van der Waals surface area contributed by atoms with Crippen molar-refractivity contribution in [1.29, 1.82) is 0 Å². The molecule has 1 aliphatic rings. The molecular weight excluding hydrogens is 269 g/mol. The van der Waals surface area contributed by atoms with Crippen LogP contribution in [0.25, 0.3) is 0 Å². The summed E-state index contributed by atoms with van der Waals surface area (Å²) in [6, 6.07) is 6.68. The summed E-state index contributed by atoms with van der Waals surface area (Å²) in [5.74, 6) is 0.741. The van der Waals surface area contributed by atoms with Crippen molar-refractivity contribution in [2.45, 2.75) is 32.0 Å². The third-order valence-corrected chi connectivity index (χ3v) is 3.73. The topological polar surface area (TPSA) is 41.2 Å². The molecule has 1 saturated heterocycles. The smallest absolute Gasteiger partial charge is 0.123 e. The van der Waals surface area contributed by atoms with Gasteiger partial charge in [0.1, 0.15) is 11.6 Å². The number of imidazole rings is 1. The molecular formula is C16H20FN3O. The van der Waals surface area contributed by atoms with Crippen molar-refractivity contribution >= 4 is 0 Å². The zero-order valence-corrected chi connectivity index (χ0v) is 12.0. The predicted molar refractivity (Wildman–Crippen MR) is 78.1 cm³/mol. The lowest BCUT2D eigenvalue weighted by molar-refractivity contribution is 0.0671. The molecule has 0 aliphatic carbocycles. The standard InChI is InChI=1S/C16H20FN3O/c17-14-5-3-13(4-6-14)10-20(11-15-2-1-9-21-15)12-16-18-7-8-19-16/h3-8,15H,1-2,9-12H2,(H,18,19). The highest BCUT2D eigenvalue weighted by Gasteiger charge is 2.20. The summed E-state index contributed by atoms with van der Waals surface area (Å²) in [5, 5.41) is 0. The average Bonchev–Trinajstić information content (AvgIpc) is 3.15. The Balaban J connectivity index is 1.66. The van der Waals surface area contributed by atoms with Crippen LogP contribution in [-0.2, 0) is 17.8 Å². The first kappa shape index (κ1) is 14.2. The maximum atomic E-state index is 13.0. The van der Waals surface area contributed by atoms with Crippen molar-refractivity contribution in [3.05, 3.63) is 53.9 Å². The lowest BCUT2D eigenvalue weighted by Crippen LogP contribution is -2.31. The first-order valence-electron chi connectivity index (χ1n) is 7.36. The zero-order chi connectivity index (χ0) is 14.5. The lowest BCUT2D eigenvalue weighted by Gasteiger charge is -2.24. The van der Waals surface area contributed by atoms with Crippen molar-refractivity contribution in [2.75, 3.05) is 13.2 Å².